The quantitative estimate of drug-likeness (QED) is 0.569. The Hall–Kier alpha value is -3.04. The van der Waals surface area contributed by atoms with Crippen LogP contribution in [0.5, 0.6) is 6.01 Å². The largest absolute Gasteiger partial charge is 0.461 e. The Morgan fingerprint density at radius 2 is 2.08 bits per heavy atom. The Morgan fingerprint density at radius 1 is 1.15 bits per heavy atom. The van der Waals surface area contributed by atoms with Gasteiger partial charge in [0, 0.05) is 55.9 Å². The molecule has 5 aliphatic rings. The molecule has 7 rings (SSSR count). The number of halogens is 1. The molecule has 3 fully saturated rings. The molecule has 11 heteroatoms. The number of ether oxygens (including phenoxy) is 4. The fourth-order valence-electron chi connectivity index (χ4n) is 7.33. The van der Waals surface area contributed by atoms with Gasteiger partial charge in [0.05, 0.1) is 43.2 Å². The summed E-state index contributed by atoms with van der Waals surface area (Å²) in [7, 11) is 0. The summed E-state index contributed by atoms with van der Waals surface area (Å²) >= 11 is 0. The minimum atomic E-state index is -0.889. The number of anilines is 2. The smallest absolute Gasteiger partial charge is 0.318 e. The molecule has 3 saturated heterocycles. The van der Waals surface area contributed by atoms with Gasteiger partial charge in [-0.1, -0.05) is 6.07 Å². The van der Waals surface area contributed by atoms with Gasteiger partial charge in [-0.2, -0.15) is 15.2 Å². The van der Waals surface area contributed by atoms with E-state index in [1.165, 1.54) is 0 Å². The predicted octanol–water partition coefficient (Wildman–Crippen LogP) is 2.61. The highest BCUT2D eigenvalue weighted by Crippen LogP contribution is 2.46. The van der Waals surface area contributed by atoms with Crippen molar-refractivity contribution in [2.45, 2.75) is 62.6 Å². The summed E-state index contributed by atoms with van der Waals surface area (Å²) in [6.45, 7) is 5.52. The third-order valence-corrected chi connectivity index (χ3v) is 9.23. The Balaban J connectivity index is 1.27. The maximum absolute atomic E-state index is 14.4. The second-order valence-electron chi connectivity index (χ2n) is 11.7. The van der Waals surface area contributed by atoms with Crippen LogP contribution < -0.4 is 15.4 Å². The maximum atomic E-state index is 14.4. The summed E-state index contributed by atoms with van der Waals surface area (Å²) in [5.74, 6) is 0.793. The lowest BCUT2D eigenvalue weighted by Gasteiger charge is -2.43. The standard InChI is InChI=1S/C29H35FN6O4/c30-20-11-28(5-1-7-36(28)14-20)17-39-27-33-24-12-29(18-38-15-19-3-4-23(32)21(13-31)25(19)29)40-16-22(24)26(34-27)35-6-2-9-37-10-8-35/h3-4,20H,1-2,5-12,14-18,32H2/t20-,28?,29-/m1/s1. The molecule has 2 aromatic rings. The lowest BCUT2D eigenvalue weighted by atomic mass is 9.79. The van der Waals surface area contributed by atoms with Crippen molar-refractivity contribution >= 4 is 11.5 Å². The van der Waals surface area contributed by atoms with Gasteiger partial charge in [-0.15, -0.1) is 0 Å². The van der Waals surface area contributed by atoms with E-state index < -0.39 is 11.8 Å². The molecule has 10 nitrogen and oxygen atoms in total. The molecule has 1 aromatic heterocycles. The molecular formula is C29H35FN6O4. The van der Waals surface area contributed by atoms with E-state index in [9.17, 15) is 9.65 Å². The van der Waals surface area contributed by atoms with Gasteiger partial charge >= 0.3 is 6.01 Å². The van der Waals surface area contributed by atoms with E-state index in [0.717, 1.165) is 60.6 Å². The molecule has 0 amide bonds. The van der Waals surface area contributed by atoms with Gasteiger partial charge in [-0.05, 0) is 37.4 Å². The van der Waals surface area contributed by atoms with Crippen LogP contribution in [-0.4, -0.2) is 79.2 Å². The van der Waals surface area contributed by atoms with Crippen LogP contribution in [0, 0.1) is 11.3 Å². The Morgan fingerprint density at radius 3 is 2.98 bits per heavy atom. The number of nitriles is 1. The highest BCUT2D eigenvalue weighted by atomic mass is 19.1. The number of hydrogen-bond donors (Lipinski definition) is 1. The summed E-state index contributed by atoms with van der Waals surface area (Å²) in [6.07, 6.45) is 2.90. The zero-order valence-corrected chi connectivity index (χ0v) is 22.7. The molecule has 5 aliphatic heterocycles. The number of alkyl halides is 1. The second kappa shape index (κ2) is 10.1. The molecule has 0 saturated carbocycles. The van der Waals surface area contributed by atoms with Gasteiger partial charge in [-0.3, -0.25) is 4.90 Å². The molecule has 2 N–H and O–H groups in total. The maximum Gasteiger partial charge on any atom is 0.318 e. The van der Waals surface area contributed by atoms with Crippen LogP contribution in [0.15, 0.2) is 12.1 Å². The van der Waals surface area contributed by atoms with Crippen molar-refractivity contribution in [1.82, 2.24) is 14.9 Å². The summed E-state index contributed by atoms with van der Waals surface area (Å²) < 4.78 is 39.1. The summed E-state index contributed by atoms with van der Waals surface area (Å²) in [6, 6.07) is 6.26. The van der Waals surface area contributed by atoms with Gasteiger partial charge in [0.2, 0.25) is 0 Å². The first-order valence-corrected chi connectivity index (χ1v) is 14.3. The average molecular weight is 551 g/mol. The predicted molar refractivity (Wildman–Crippen MR) is 144 cm³/mol. The van der Waals surface area contributed by atoms with Crippen molar-refractivity contribution in [3.63, 3.8) is 0 Å². The first-order valence-electron chi connectivity index (χ1n) is 14.3. The molecular weight excluding hydrogens is 515 g/mol. The Bertz CT molecular complexity index is 1340. The number of rotatable bonds is 4. The van der Waals surface area contributed by atoms with Crippen LogP contribution in [0.2, 0.25) is 0 Å². The van der Waals surface area contributed by atoms with E-state index in [0.29, 0.717) is 76.2 Å². The number of fused-ring (bicyclic) bond motifs is 4. The average Bonchev–Trinajstić information content (AvgIpc) is 3.33. The minimum Gasteiger partial charge on any atom is -0.461 e. The van der Waals surface area contributed by atoms with Gasteiger partial charge in [0.15, 0.2) is 0 Å². The van der Waals surface area contributed by atoms with Crippen LogP contribution >= 0.6 is 0 Å². The summed E-state index contributed by atoms with van der Waals surface area (Å²) in [5.41, 5.74) is 9.33. The molecule has 0 radical (unpaired) electrons. The van der Waals surface area contributed by atoms with E-state index in [1.54, 1.807) is 6.07 Å². The molecule has 0 aliphatic carbocycles. The van der Waals surface area contributed by atoms with E-state index in [4.69, 9.17) is 34.6 Å². The molecule has 1 spiro atoms. The van der Waals surface area contributed by atoms with E-state index in [-0.39, 0.29) is 12.1 Å². The van der Waals surface area contributed by atoms with Gasteiger partial charge in [-0.25, -0.2) is 4.39 Å². The van der Waals surface area contributed by atoms with Gasteiger partial charge in [0.25, 0.3) is 0 Å². The van der Waals surface area contributed by atoms with Gasteiger partial charge in [0.1, 0.15) is 30.3 Å². The Kier molecular flexibility index (Phi) is 6.54. The number of aromatic nitrogens is 2. The SMILES string of the molecule is N#Cc1c(N)ccc2c1[C@]1(COC2)Cc2nc(OCC34CCCN3C[C@H](F)C4)nc(N3CCCOCC3)c2CO1. The number of nitrogen functional groups attached to an aromatic ring is 1. The third kappa shape index (κ3) is 4.29. The number of nitrogens with two attached hydrogens (primary N) is 1. The highest BCUT2D eigenvalue weighted by molar-refractivity contribution is 5.63. The summed E-state index contributed by atoms with van der Waals surface area (Å²) in [4.78, 5) is 14.3. The zero-order valence-electron chi connectivity index (χ0n) is 22.7. The van der Waals surface area contributed by atoms with Gasteiger partial charge < -0.3 is 29.6 Å². The monoisotopic (exact) mass is 550 g/mol. The molecule has 3 atom stereocenters. The third-order valence-electron chi connectivity index (χ3n) is 9.23. The lowest BCUT2D eigenvalue weighted by Crippen LogP contribution is -2.45. The normalized spacial score (nSPS) is 29.9. The topological polar surface area (TPSA) is 119 Å². The number of nitrogens with zero attached hydrogens (tertiary/aromatic N) is 5. The molecule has 6 heterocycles. The lowest BCUT2D eigenvalue weighted by molar-refractivity contribution is -0.136. The fraction of sp³-hybridized carbons (Fsp3) is 0.621. The van der Waals surface area contributed by atoms with Crippen LogP contribution in [0.3, 0.4) is 0 Å². The first-order chi connectivity index (χ1) is 19.5. The molecule has 0 bridgehead atoms. The van der Waals surface area contributed by atoms with E-state index in [2.05, 4.69) is 15.9 Å². The van der Waals surface area contributed by atoms with Crippen LogP contribution in [0.4, 0.5) is 15.9 Å². The van der Waals surface area contributed by atoms with Crippen molar-refractivity contribution < 1.29 is 23.3 Å². The number of hydrogen-bond acceptors (Lipinski definition) is 10. The molecule has 212 valence electrons. The van der Waals surface area contributed by atoms with E-state index in [1.807, 2.05) is 6.07 Å². The minimum absolute atomic E-state index is 0.270. The van der Waals surface area contributed by atoms with Crippen molar-refractivity contribution in [3.8, 4) is 12.1 Å². The fourth-order valence-corrected chi connectivity index (χ4v) is 7.33. The van der Waals surface area contributed by atoms with Crippen molar-refractivity contribution in [1.29, 1.82) is 5.26 Å². The molecule has 1 aromatic carbocycles. The second-order valence-corrected chi connectivity index (χ2v) is 11.7. The van der Waals surface area contributed by atoms with Crippen molar-refractivity contribution in [2.24, 2.45) is 0 Å². The van der Waals surface area contributed by atoms with Crippen molar-refractivity contribution in [2.75, 3.05) is 63.2 Å². The van der Waals surface area contributed by atoms with E-state index >= 15 is 0 Å². The summed E-state index contributed by atoms with van der Waals surface area (Å²) in [5, 5.41) is 10.0. The first kappa shape index (κ1) is 25.9. The van der Waals surface area contributed by atoms with Crippen LogP contribution in [0.1, 0.15) is 53.6 Å². The molecule has 40 heavy (non-hydrogen) atoms. The van der Waals surface area contributed by atoms with Crippen molar-refractivity contribution in [3.05, 3.63) is 40.1 Å². The number of benzene rings is 1. The van der Waals surface area contributed by atoms with Crippen LogP contribution in [0.25, 0.3) is 0 Å². The highest BCUT2D eigenvalue weighted by Gasteiger charge is 2.50. The molecule has 1 unspecified atom stereocenters. The Labute approximate surface area is 233 Å². The zero-order chi connectivity index (χ0) is 27.3. The van der Waals surface area contributed by atoms with Crippen LogP contribution in [-0.2, 0) is 39.4 Å².